The summed E-state index contributed by atoms with van der Waals surface area (Å²) in [6, 6.07) is 3.10. The Hall–Kier alpha value is -2.94. The van der Waals surface area contributed by atoms with E-state index in [4.69, 9.17) is 17.3 Å². The molecule has 1 aromatic rings. The zero-order chi connectivity index (χ0) is 25.9. The van der Waals surface area contributed by atoms with Gasteiger partial charge in [0.05, 0.1) is 11.7 Å². The summed E-state index contributed by atoms with van der Waals surface area (Å²) in [5, 5.41) is 44.1. The maximum atomic E-state index is 13.6. The number of nitrogens with two attached hydrogens (primary N) is 1. The maximum Gasteiger partial charge on any atom is 0.230 e. The Morgan fingerprint density at radius 1 is 1.17 bits per heavy atom. The van der Waals surface area contributed by atoms with Crippen LogP contribution in [0, 0.1) is 17.8 Å². The average Bonchev–Trinajstić information content (AvgIpc) is 2.83. The monoisotopic (exact) mass is 513 g/mol. The van der Waals surface area contributed by atoms with E-state index in [1.165, 1.54) is 6.07 Å². The van der Waals surface area contributed by atoms with E-state index in [-0.39, 0.29) is 36.1 Å². The normalized spacial score (nSPS) is 32.4. The number of benzene rings is 1. The number of carbonyl (C=O) groups excluding carboxylic acids is 3. The van der Waals surface area contributed by atoms with Crippen LogP contribution in [0.4, 0.5) is 0 Å². The standard InChI is InChI=1S/C27H28ClNO7/c28-17(12-4-2-1-3-5-12)10-13-6-7-18(30)21-16(13)9-14-8-15-11-19(31)22(26(29)35)25(34)27(15,36)24(33)20(14)23(21)32/h4,6-7,10,14-15,19,22,30-32,36H,1-3,5,8-9,11H2,(H2,29,35)/b17-10-/t14-,15+,19?,22?,27+/m1/s1. The largest absolute Gasteiger partial charge is 0.507 e. The number of Topliss-reactive ketones (excluding diaryl/α,β-unsaturated/α-hetero) is 2. The highest BCUT2D eigenvalue weighted by Crippen LogP contribution is 2.52. The van der Waals surface area contributed by atoms with Crippen LogP contribution >= 0.6 is 11.6 Å². The lowest BCUT2D eigenvalue weighted by atomic mass is 9.56. The lowest BCUT2D eigenvalue weighted by molar-refractivity contribution is -0.174. The molecule has 8 nitrogen and oxygen atoms in total. The molecule has 0 aliphatic heterocycles. The first-order chi connectivity index (χ1) is 17.1. The molecule has 9 heteroatoms. The molecular weight excluding hydrogens is 486 g/mol. The van der Waals surface area contributed by atoms with E-state index in [0.29, 0.717) is 16.2 Å². The van der Waals surface area contributed by atoms with Gasteiger partial charge < -0.3 is 26.2 Å². The van der Waals surface area contributed by atoms with Crippen molar-refractivity contribution in [2.24, 2.45) is 23.5 Å². The SMILES string of the molecule is NC(=O)C1C(=O)[C@@]2(O)C(=O)C3=C(O)c4c(O)ccc(/C=C(\Cl)C5=CCCCC5)c4C[C@H]3C[C@H]2CC1O. The van der Waals surface area contributed by atoms with Crippen molar-refractivity contribution in [2.75, 3.05) is 0 Å². The van der Waals surface area contributed by atoms with Crippen molar-refractivity contribution < 1.29 is 34.8 Å². The highest BCUT2D eigenvalue weighted by atomic mass is 35.5. The fourth-order valence-electron chi connectivity index (χ4n) is 6.37. The molecule has 0 radical (unpaired) electrons. The molecule has 1 aromatic carbocycles. The van der Waals surface area contributed by atoms with Gasteiger partial charge in [-0.3, -0.25) is 14.4 Å². The van der Waals surface area contributed by atoms with Crippen molar-refractivity contribution >= 4 is 40.9 Å². The van der Waals surface area contributed by atoms with Gasteiger partial charge in [0.15, 0.2) is 11.4 Å². The minimum Gasteiger partial charge on any atom is -0.507 e. The van der Waals surface area contributed by atoms with Crippen LogP contribution in [0.2, 0.25) is 0 Å². The van der Waals surface area contributed by atoms with Crippen LogP contribution in [0.1, 0.15) is 55.2 Å². The van der Waals surface area contributed by atoms with E-state index in [0.717, 1.165) is 31.3 Å². The topological polar surface area (TPSA) is 158 Å². The van der Waals surface area contributed by atoms with Crippen molar-refractivity contribution in [3.63, 3.8) is 0 Å². The van der Waals surface area contributed by atoms with Gasteiger partial charge in [-0.2, -0.15) is 0 Å². The molecule has 0 heterocycles. The number of aromatic hydroxyl groups is 1. The number of allylic oxidation sites excluding steroid dienone is 3. The number of fused-ring (bicyclic) bond motifs is 3. The molecule has 4 aliphatic carbocycles. The number of hydrogen-bond donors (Lipinski definition) is 5. The number of aliphatic hydroxyl groups is 3. The number of phenols is 1. The summed E-state index contributed by atoms with van der Waals surface area (Å²) in [6.45, 7) is 0. The molecule has 0 spiro atoms. The molecule has 0 saturated heterocycles. The van der Waals surface area contributed by atoms with E-state index in [9.17, 15) is 34.8 Å². The number of primary amides is 1. The van der Waals surface area contributed by atoms with E-state index in [2.05, 4.69) is 6.08 Å². The zero-order valence-corrected chi connectivity index (χ0v) is 20.3. The molecule has 5 atom stereocenters. The van der Waals surface area contributed by atoms with Gasteiger partial charge in [0.1, 0.15) is 17.4 Å². The number of halogens is 1. The number of amides is 1. The number of hydrogen-bond acceptors (Lipinski definition) is 7. The zero-order valence-electron chi connectivity index (χ0n) is 19.5. The summed E-state index contributed by atoms with van der Waals surface area (Å²) in [5.74, 6) is -7.27. The second-order valence-electron chi connectivity index (χ2n) is 10.2. The molecule has 5 rings (SSSR count). The van der Waals surface area contributed by atoms with Gasteiger partial charge in [-0.15, -0.1) is 0 Å². The van der Waals surface area contributed by atoms with Gasteiger partial charge in [-0.05, 0) is 79.7 Å². The molecule has 2 unspecified atom stereocenters. The number of phenolic OH excluding ortho intramolecular Hbond substituents is 1. The molecule has 6 N–H and O–H groups in total. The van der Waals surface area contributed by atoms with Gasteiger partial charge in [0, 0.05) is 16.5 Å². The molecule has 0 aromatic heterocycles. The summed E-state index contributed by atoms with van der Waals surface area (Å²) in [5.41, 5.74) is 4.91. The summed E-state index contributed by atoms with van der Waals surface area (Å²) >= 11 is 6.62. The van der Waals surface area contributed by atoms with Crippen molar-refractivity contribution in [1.29, 1.82) is 0 Å². The lowest BCUT2D eigenvalue weighted by Gasteiger charge is -2.48. The fourth-order valence-corrected chi connectivity index (χ4v) is 6.66. The van der Waals surface area contributed by atoms with E-state index >= 15 is 0 Å². The van der Waals surface area contributed by atoms with E-state index < -0.39 is 52.7 Å². The summed E-state index contributed by atoms with van der Waals surface area (Å²) < 4.78 is 0. The van der Waals surface area contributed by atoms with E-state index in [1.807, 2.05) is 0 Å². The van der Waals surface area contributed by atoms with E-state index in [1.54, 1.807) is 12.1 Å². The van der Waals surface area contributed by atoms with Gasteiger partial charge in [0.25, 0.3) is 0 Å². The number of aliphatic hydroxyl groups excluding tert-OH is 2. The fraction of sp³-hybridized carbons (Fsp3) is 0.444. The number of ketones is 2. The first kappa shape index (κ1) is 24.7. The van der Waals surface area contributed by atoms with Gasteiger partial charge in [0.2, 0.25) is 11.7 Å². The Kier molecular flexibility index (Phi) is 6.09. The lowest BCUT2D eigenvalue weighted by Crippen LogP contribution is -2.66. The molecule has 190 valence electrons. The minimum atomic E-state index is -2.58. The molecule has 0 bridgehead atoms. The molecule has 4 aliphatic rings. The quantitative estimate of drug-likeness (QED) is 0.388. The van der Waals surface area contributed by atoms with Gasteiger partial charge >= 0.3 is 0 Å². The Bertz CT molecular complexity index is 1280. The van der Waals surface area contributed by atoms with Crippen molar-refractivity contribution in [1.82, 2.24) is 0 Å². The predicted molar refractivity (Wildman–Crippen MR) is 132 cm³/mol. The first-order valence-corrected chi connectivity index (χ1v) is 12.6. The number of rotatable bonds is 3. The second kappa shape index (κ2) is 8.87. The van der Waals surface area contributed by atoms with Gasteiger partial charge in [-0.1, -0.05) is 23.7 Å². The van der Waals surface area contributed by atoms with Gasteiger partial charge in [-0.25, -0.2) is 0 Å². The van der Waals surface area contributed by atoms with Crippen LogP contribution in [0.15, 0.2) is 34.4 Å². The predicted octanol–water partition coefficient (Wildman–Crippen LogP) is 2.67. The third-order valence-electron chi connectivity index (χ3n) is 8.18. The average molecular weight is 514 g/mol. The third-order valence-corrected chi connectivity index (χ3v) is 8.54. The minimum absolute atomic E-state index is 0.0576. The van der Waals surface area contributed by atoms with Crippen LogP contribution in [-0.4, -0.2) is 49.6 Å². The van der Waals surface area contributed by atoms with Crippen LogP contribution in [0.25, 0.3) is 11.8 Å². The molecule has 2 fully saturated rings. The summed E-state index contributed by atoms with van der Waals surface area (Å²) in [6.07, 6.45) is 6.68. The van der Waals surface area contributed by atoms with Crippen LogP contribution in [0.5, 0.6) is 5.75 Å². The Balaban J connectivity index is 1.60. The van der Waals surface area contributed by atoms with Crippen molar-refractivity contribution in [2.45, 2.75) is 56.7 Å². The Labute approximate surface area is 212 Å². The van der Waals surface area contributed by atoms with Crippen LogP contribution in [0.3, 0.4) is 0 Å². The third kappa shape index (κ3) is 3.62. The Morgan fingerprint density at radius 2 is 1.92 bits per heavy atom. The summed E-state index contributed by atoms with van der Waals surface area (Å²) in [4.78, 5) is 38.4. The second-order valence-corrected chi connectivity index (χ2v) is 10.6. The van der Waals surface area contributed by atoms with Crippen molar-refractivity contribution in [3.05, 3.63) is 51.1 Å². The molecule has 1 amide bonds. The Morgan fingerprint density at radius 3 is 2.58 bits per heavy atom. The molecular formula is C27H28ClNO7. The van der Waals surface area contributed by atoms with Crippen LogP contribution < -0.4 is 5.73 Å². The molecule has 2 saturated carbocycles. The molecule has 36 heavy (non-hydrogen) atoms. The highest BCUT2D eigenvalue weighted by molar-refractivity contribution is 6.34. The number of carbonyl (C=O) groups is 3. The van der Waals surface area contributed by atoms with Crippen LogP contribution in [-0.2, 0) is 20.8 Å². The first-order valence-electron chi connectivity index (χ1n) is 12.2. The highest BCUT2D eigenvalue weighted by Gasteiger charge is 2.63. The smallest absolute Gasteiger partial charge is 0.230 e. The maximum absolute atomic E-state index is 13.6. The summed E-state index contributed by atoms with van der Waals surface area (Å²) in [7, 11) is 0. The van der Waals surface area contributed by atoms with Crippen molar-refractivity contribution in [3.8, 4) is 5.75 Å².